The monoisotopic (exact) mass is 434 g/mol. The third-order valence-corrected chi connectivity index (χ3v) is 6.43. The number of rotatable bonds is 2. The summed E-state index contributed by atoms with van der Waals surface area (Å²) in [5, 5.41) is 0.563. The van der Waals surface area contributed by atoms with Crippen LogP contribution in [0.1, 0.15) is 10.4 Å². The summed E-state index contributed by atoms with van der Waals surface area (Å²) in [5.41, 5.74) is 0.806. The minimum absolute atomic E-state index is 0.0756. The van der Waals surface area contributed by atoms with Crippen molar-refractivity contribution in [1.82, 2.24) is 14.7 Å². The number of amides is 2. The molecule has 1 fully saturated rings. The van der Waals surface area contributed by atoms with Gasteiger partial charge in [0.15, 0.2) is 5.84 Å². The molecule has 3 aliphatic heterocycles. The number of halogens is 1. The molecule has 29 heavy (non-hydrogen) atoms. The van der Waals surface area contributed by atoms with Crippen LogP contribution in [0.3, 0.4) is 0 Å². The Balaban J connectivity index is 1.44. The molecule has 0 aromatic heterocycles. The van der Waals surface area contributed by atoms with Crippen molar-refractivity contribution in [3.8, 4) is 0 Å². The Morgan fingerprint density at radius 3 is 2.21 bits per heavy atom. The first-order valence-corrected chi connectivity index (χ1v) is 11.1. The molecule has 0 radical (unpaired) electrons. The van der Waals surface area contributed by atoms with E-state index in [9.17, 15) is 18.0 Å². The molecule has 0 N–H and O–H groups in total. The number of benzene rings is 1. The van der Waals surface area contributed by atoms with E-state index in [1.165, 1.54) is 0 Å². The molecule has 10 heteroatoms. The van der Waals surface area contributed by atoms with Crippen LogP contribution in [0.15, 0.2) is 52.6 Å². The van der Waals surface area contributed by atoms with Crippen LogP contribution in [0.4, 0.5) is 0 Å². The number of hydrogen-bond donors (Lipinski definition) is 0. The van der Waals surface area contributed by atoms with E-state index in [-0.39, 0.29) is 35.5 Å². The second-order valence-electron chi connectivity index (χ2n) is 6.91. The standard InChI is InChI=1S/C19H19ClN4O4S/c20-15-5-3-14(4-6-15)18(25)23-8-10-24(11-9-23)19(26)16-2-1-7-22-12-13-29(27,28)21-17(16)22/h1-7H,8-13H2. The Labute approximate surface area is 173 Å². The molecular formula is C19H19ClN4O4S. The molecule has 0 unspecified atom stereocenters. The van der Waals surface area contributed by atoms with E-state index in [4.69, 9.17) is 11.6 Å². The highest BCUT2D eigenvalue weighted by atomic mass is 35.5. The number of sulfonamides is 1. The summed E-state index contributed by atoms with van der Waals surface area (Å²) in [6.07, 6.45) is 5.02. The molecule has 1 saturated heterocycles. The molecule has 0 saturated carbocycles. The van der Waals surface area contributed by atoms with Crippen molar-refractivity contribution in [2.45, 2.75) is 0 Å². The van der Waals surface area contributed by atoms with Gasteiger partial charge < -0.3 is 14.7 Å². The summed E-state index contributed by atoms with van der Waals surface area (Å²) in [6, 6.07) is 6.69. The minimum Gasteiger partial charge on any atom is -0.335 e. The predicted octanol–water partition coefficient (Wildman–Crippen LogP) is 1.12. The van der Waals surface area contributed by atoms with Gasteiger partial charge in [-0.05, 0) is 36.4 Å². The van der Waals surface area contributed by atoms with E-state index >= 15 is 0 Å². The number of hydrogen-bond acceptors (Lipinski definition) is 5. The molecular weight excluding hydrogens is 416 g/mol. The lowest BCUT2D eigenvalue weighted by Gasteiger charge is -2.36. The topological polar surface area (TPSA) is 90.4 Å². The highest BCUT2D eigenvalue weighted by molar-refractivity contribution is 7.90. The van der Waals surface area contributed by atoms with Gasteiger partial charge in [0.2, 0.25) is 0 Å². The molecule has 0 aliphatic carbocycles. The van der Waals surface area contributed by atoms with Crippen molar-refractivity contribution in [3.05, 3.63) is 58.8 Å². The normalized spacial score (nSPS) is 20.7. The zero-order chi connectivity index (χ0) is 20.6. The fourth-order valence-electron chi connectivity index (χ4n) is 3.44. The van der Waals surface area contributed by atoms with Crippen LogP contribution < -0.4 is 0 Å². The van der Waals surface area contributed by atoms with Crippen LogP contribution in [0.25, 0.3) is 0 Å². The molecule has 0 bridgehead atoms. The maximum Gasteiger partial charge on any atom is 0.257 e. The summed E-state index contributed by atoms with van der Waals surface area (Å²) < 4.78 is 27.6. The summed E-state index contributed by atoms with van der Waals surface area (Å²) in [4.78, 5) is 30.6. The first-order chi connectivity index (χ1) is 13.8. The maximum absolute atomic E-state index is 13.0. The lowest BCUT2D eigenvalue weighted by Crippen LogP contribution is -2.52. The fraction of sp³-hybridized carbons (Fsp3) is 0.316. The first kappa shape index (κ1) is 19.7. The van der Waals surface area contributed by atoms with E-state index in [2.05, 4.69) is 4.40 Å². The molecule has 3 aliphatic rings. The van der Waals surface area contributed by atoms with Crippen molar-refractivity contribution >= 4 is 39.3 Å². The van der Waals surface area contributed by atoms with Crippen LogP contribution in [-0.2, 0) is 14.8 Å². The molecule has 1 aromatic carbocycles. The van der Waals surface area contributed by atoms with Gasteiger partial charge in [-0.15, -0.1) is 4.40 Å². The van der Waals surface area contributed by atoms with E-state index in [1.807, 2.05) is 0 Å². The summed E-state index contributed by atoms with van der Waals surface area (Å²) in [5.74, 6) is -0.298. The third-order valence-electron chi connectivity index (χ3n) is 5.03. The highest BCUT2D eigenvalue weighted by Crippen LogP contribution is 2.20. The average Bonchev–Trinajstić information content (AvgIpc) is 2.72. The zero-order valence-corrected chi connectivity index (χ0v) is 17.1. The number of piperazine rings is 1. The minimum atomic E-state index is -3.57. The van der Waals surface area contributed by atoms with E-state index in [0.717, 1.165) is 0 Å². The number of nitrogens with zero attached hydrogens (tertiary/aromatic N) is 4. The molecule has 1 aromatic rings. The number of carbonyl (C=O) groups is 2. The lowest BCUT2D eigenvalue weighted by atomic mass is 10.1. The fourth-order valence-corrected chi connectivity index (χ4v) is 4.55. The van der Waals surface area contributed by atoms with Gasteiger partial charge in [-0.3, -0.25) is 9.59 Å². The Hall–Kier alpha value is -2.65. The van der Waals surface area contributed by atoms with Gasteiger partial charge in [0, 0.05) is 49.5 Å². The smallest absolute Gasteiger partial charge is 0.257 e. The number of amidine groups is 1. The Kier molecular flexibility index (Phi) is 5.18. The number of fused-ring (bicyclic) bond motifs is 1. The van der Waals surface area contributed by atoms with Crippen LogP contribution in [-0.4, -0.2) is 79.2 Å². The van der Waals surface area contributed by atoms with E-state index < -0.39 is 10.0 Å². The van der Waals surface area contributed by atoms with Crippen molar-refractivity contribution in [3.63, 3.8) is 0 Å². The first-order valence-electron chi connectivity index (χ1n) is 9.16. The van der Waals surface area contributed by atoms with Crippen molar-refractivity contribution in [2.24, 2.45) is 4.40 Å². The van der Waals surface area contributed by atoms with Gasteiger partial charge >= 0.3 is 0 Å². The molecule has 4 rings (SSSR count). The second kappa shape index (κ2) is 7.64. The number of allylic oxidation sites excluding steroid dienone is 2. The SMILES string of the molecule is O=C(C1=CC=CN2CCS(=O)(=O)N=C12)N1CCN(C(=O)c2ccc(Cl)cc2)CC1. The average molecular weight is 435 g/mol. The van der Waals surface area contributed by atoms with Crippen molar-refractivity contribution < 1.29 is 18.0 Å². The Morgan fingerprint density at radius 2 is 1.55 bits per heavy atom. The summed E-state index contributed by atoms with van der Waals surface area (Å²) in [6.45, 7) is 1.78. The van der Waals surface area contributed by atoms with Gasteiger partial charge in [-0.25, -0.2) is 8.42 Å². The van der Waals surface area contributed by atoms with Gasteiger partial charge in [-0.2, -0.15) is 0 Å². The van der Waals surface area contributed by atoms with Crippen LogP contribution in [0.5, 0.6) is 0 Å². The van der Waals surface area contributed by atoms with Gasteiger partial charge in [0.1, 0.15) is 0 Å². The molecule has 8 nitrogen and oxygen atoms in total. The van der Waals surface area contributed by atoms with Crippen LogP contribution in [0, 0.1) is 0 Å². The molecule has 3 heterocycles. The largest absolute Gasteiger partial charge is 0.335 e. The summed E-state index contributed by atoms with van der Waals surface area (Å²) >= 11 is 5.87. The third kappa shape index (κ3) is 4.06. The molecule has 2 amide bonds. The maximum atomic E-state index is 13.0. The van der Waals surface area contributed by atoms with E-state index in [1.54, 1.807) is 57.3 Å². The van der Waals surface area contributed by atoms with Crippen molar-refractivity contribution in [1.29, 1.82) is 0 Å². The summed E-state index contributed by atoms with van der Waals surface area (Å²) in [7, 11) is -3.57. The Bertz CT molecular complexity index is 1040. The Morgan fingerprint density at radius 1 is 0.931 bits per heavy atom. The van der Waals surface area contributed by atoms with Gasteiger partial charge in [0.05, 0.1) is 11.3 Å². The van der Waals surface area contributed by atoms with Crippen LogP contribution >= 0.6 is 11.6 Å². The second-order valence-corrected chi connectivity index (χ2v) is 9.10. The lowest BCUT2D eigenvalue weighted by molar-refractivity contribution is -0.128. The zero-order valence-electron chi connectivity index (χ0n) is 15.5. The number of carbonyl (C=O) groups excluding carboxylic acids is 2. The van der Waals surface area contributed by atoms with Crippen molar-refractivity contribution in [2.75, 3.05) is 38.5 Å². The quantitative estimate of drug-likeness (QED) is 0.695. The van der Waals surface area contributed by atoms with Gasteiger partial charge in [-0.1, -0.05) is 11.6 Å². The highest BCUT2D eigenvalue weighted by Gasteiger charge is 2.33. The van der Waals surface area contributed by atoms with Gasteiger partial charge in [0.25, 0.3) is 21.8 Å². The predicted molar refractivity (Wildman–Crippen MR) is 109 cm³/mol. The molecule has 0 atom stereocenters. The molecule has 152 valence electrons. The molecule has 0 spiro atoms. The van der Waals surface area contributed by atoms with Crippen LogP contribution in [0.2, 0.25) is 5.02 Å². The van der Waals surface area contributed by atoms with E-state index in [0.29, 0.717) is 36.8 Å².